The van der Waals surface area contributed by atoms with Crippen LogP contribution < -0.4 is 0 Å². The number of aromatic hydroxyl groups is 1. The van der Waals surface area contributed by atoms with Crippen LogP contribution in [0.4, 0.5) is 0 Å². The van der Waals surface area contributed by atoms with Crippen molar-refractivity contribution in [2.45, 2.75) is 64.3 Å². The number of carbonyl (C=O) groups is 1. The molecular formula is C22H30O5. The molecule has 2 aliphatic rings. The Labute approximate surface area is 160 Å². The molecule has 2 aliphatic carbocycles. The summed E-state index contributed by atoms with van der Waals surface area (Å²) in [6.07, 6.45) is 4.77. The Kier molecular flexibility index (Phi) is 4.89. The van der Waals surface area contributed by atoms with Gasteiger partial charge in [0.05, 0.1) is 16.8 Å². The third-order valence-corrected chi connectivity index (χ3v) is 6.48. The van der Waals surface area contributed by atoms with Crippen molar-refractivity contribution in [3.8, 4) is 5.75 Å². The summed E-state index contributed by atoms with van der Waals surface area (Å²) in [5.74, 6) is -0.754. The van der Waals surface area contributed by atoms with E-state index in [2.05, 4.69) is 6.92 Å². The smallest absolute Gasteiger partial charge is 0.338 e. The Morgan fingerprint density at radius 3 is 2.33 bits per heavy atom. The van der Waals surface area contributed by atoms with Gasteiger partial charge in [-0.15, -0.1) is 0 Å². The zero-order valence-electron chi connectivity index (χ0n) is 16.5. The zero-order valence-corrected chi connectivity index (χ0v) is 16.5. The first-order valence-corrected chi connectivity index (χ1v) is 9.62. The van der Waals surface area contributed by atoms with Crippen LogP contribution in [0.3, 0.4) is 0 Å². The quantitative estimate of drug-likeness (QED) is 0.557. The lowest BCUT2D eigenvalue weighted by molar-refractivity contribution is -0.116. The van der Waals surface area contributed by atoms with Crippen molar-refractivity contribution in [3.63, 3.8) is 0 Å². The van der Waals surface area contributed by atoms with E-state index < -0.39 is 23.3 Å². The fourth-order valence-electron chi connectivity index (χ4n) is 4.81. The molecule has 5 atom stereocenters. The van der Waals surface area contributed by atoms with E-state index in [1.807, 2.05) is 19.9 Å². The SMILES string of the molecule is CC(C)C1(O)CCC2(C)C=CC(C)(O)CC(OC(=O)c3ccc(O)cc3)C21. The van der Waals surface area contributed by atoms with Crippen LogP contribution in [0.25, 0.3) is 0 Å². The van der Waals surface area contributed by atoms with Gasteiger partial charge >= 0.3 is 5.97 Å². The number of hydrogen-bond donors (Lipinski definition) is 3. The number of ether oxygens (including phenoxy) is 1. The van der Waals surface area contributed by atoms with Crippen LogP contribution in [0.1, 0.15) is 57.3 Å². The molecular weight excluding hydrogens is 344 g/mol. The maximum Gasteiger partial charge on any atom is 0.338 e. The van der Waals surface area contributed by atoms with Crippen LogP contribution in [0.2, 0.25) is 0 Å². The zero-order chi connectivity index (χ0) is 20.0. The van der Waals surface area contributed by atoms with E-state index in [9.17, 15) is 20.1 Å². The molecule has 1 aromatic carbocycles. The number of aliphatic hydroxyl groups is 2. The third kappa shape index (κ3) is 3.63. The van der Waals surface area contributed by atoms with Gasteiger partial charge in [0.2, 0.25) is 0 Å². The second kappa shape index (κ2) is 6.64. The topological polar surface area (TPSA) is 87.0 Å². The Morgan fingerprint density at radius 1 is 1.11 bits per heavy atom. The van der Waals surface area contributed by atoms with E-state index >= 15 is 0 Å². The largest absolute Gasteiger partial charge is 0.508 e. The number of rotatable bonds is 3. The van der Waals surface area contributed by atoms with Crippen LogP contribution in [0.15, 0.2) is 36.4 Å². The number of esters is 1. The molecule has 0 saturated heterocycles. The monoisotopic (exact) mass is 374 g/mol. The van der Waals surface area contributed by atoms with Crippen molar-refractivity contribution in [2.24, 2.45) is 17.3 Å². The number of phenols is 1. The van der Waals surface area contributed by atoms with Crippen molar-refractivity contribution in [3.05, 3.63) is 42.0 Å². The standard InChI is InChI=1S/C22H30O5/c1-14(2)22(26)12-10-20(3)9-11-21(4,25)13-17(18(20)22)27-19(24)15-5-7-16(23)8-6-15/h5-9,11,14,17-18,23,25-26H,10,12-13H2,1-4H3. The molecule has 0 spiro atoms. The Bertz CT molecular complexity index is 736. The van der Waals surface area contributed by atoms with Crippen LogP contribution >= 0.6 is 0 Å². The molecule has 5 nitrogen and oxygen atoms in total. The highest BCUT2D eigenvalue weighted by molar-refractivity contribution is 5.89. The average Bonchev–Trinajstić information content (AvgIpc) is 2.80. The van der Waals surface area contributed by atoms with Gasteiger partial charge in [-0.2, -0.15) is 0 Å². The number of phenolic OH excluding ortho intramolecular Hbond substituents is 1. The third-order valence-electron chi connectivity index (χ3n) is 6.48. The molecule has 148 valence electrons. The fraction of sp³-hybridized carbons (Fsp3) is 0.591. The summed E-state index contributed by atoms with van der Waals surface area (Å²) < 4.78 is 5.88. The van der Waals surface area contributed by atoms with Gasteiger partial charge in [-0.1, -0.05) is 32.9 Å². The molecule has 0 heterocycles. The number of fused-ring (bicyclic) bond motifs is 1. The van der Waals surface area contributed by atoms with Crippen molar-refractivity contribution in [2.75, 3.05) is 0 Å². The van der Waals surface area contributed by atoms with Crippen LogP contribution in [-0.4, -0.2) is 38.6 Å². The van der Waals surface area contributed by atoms with E-state index in [1.54, 1.807) is 13.0 Å². The van der Waals surface area contributed by atoms with Crippen LogP contribution in [0.5, 0.6) is 5.75 Å². The van der Waals surface area contributed by atoms with Gasteiger partial charge in [0, 0.05) is 12.3 Å². The molecule has 3 rings (SSSR count). The average molecular weight is 374 g/mol. The molecule has 0 aromatic heterocycles. The highest BCUT2D eigenvalue weighted by atomic mass is 16.5. The maximum absolute atomic E-state index is 12.7. The van der Waals surface area contributed by atoms with E-state index in [0.717, 1.165) is 6.42 Å². The summed E-state index contributed by atoms with van der Waals surface area (Å²) in [4.78, 5) is 12.7. The predicted molar refractivity (Wildman–Crippen MR) is 102 cm³/mol. The van der Waals surface area contributed by atoms with Gasteiger partial charge in [0.25, 0.3) is 0 Å². The number of carbonyl (C=O) groups excluding carboxylic acids is 1. The summed E-state index contributed by atoms with van der Waals surface area (Å²) >= 11 is 0. The lowest BCUT2D eigenvalue weighted by Gasteiger charge is -2.43. The molecule has 0 aliphatic heterocycles. The Hall–Kier alpha value is -1.85. The second-order valence-electron chi connectivity index (χ2n) is 9.01. The molecule has 0 radical (unpaired) electrons. The van der Waals surface area contributed by atoms with Crippen molar-refractivity contribution < 1.29 is 24.9 Å². The Balaban J connectivity index is 1.97. The Morgan fingerprint density at radius 2 is 1.74 bits per heavy atom. The number of benzene rings is 1. The first-order valence-electron chi connectivity index (χ1n) is 9.62. The molecule has 1 saturated carbocycles. The lowest BCUT2D eigenvalue weighted by atomic mass is 9.68. The predicted octanol–water partition coefficient (Wildman–Crippen LogP) is 3.43. The van der Waals surface area contributed by atoms with Crippen LogP contribution in [0, 0.1) is 17.3 Å². The van der Waals surface area contributed by atoms with Gasteiger partial charge < -0.3 is 20.1 Å². The molecule has 5 heteroatoms. The summed E-state index contributed by atoms with van der Waals surface area (Å²) in [5, 5.41) is 31.6. The minimum Gasteiger partial charge on any atom is -0.508 e. The number of allylic oxidation sites excluding steroid dienone is 1. The first kappa shape index (κ1) is 19.9. The fourth-order valence-corrected chi connectivity index (χ4v) is 4.81. The molecule has 0 bridgehead atoms. The van der Waals surface area contributed by atoms with E-state index in [4.69, 9.17) is 4.74 Å². The summed E-state index contributed by atoms with van der Waals surface area (Å²) in [6.45, 7) is 7.73. The lowest BCUT2D eigenvalue weighted by Crippen LogP contribution is -2.51. The van der Waals surface area contributed by atoms with Gasteiger partial charge in [-0.05, 0) is 55.4 Å². The van der Waals surface area contributed by atoms with Crippen molar-refractivity contribution in [1.82, 2.24) is 0 Å². The minimum absolute atomic E-state index is 0.00403. The van der Waals surface area contributed by atoms with Gasteiger partial charge in [0.1, 0.15) is 11.9 Å². The maximum atomic E-state index is 12.7. The molecule has 27 heavy (non-hydrogen) atoms. The summed E-state index contributed by atoms with van der Waals surface area (Å²) in [7, 11) is 0. The van der Waals surface area contributed by atoms with Gasteiger partial charge in [-0.3, -0.25) is 0 Å². The van der Waals surface area contributed by atoms with Crippen molar-refractivity contribution >= 4 is 5.97 Å². The van der Waals surface area contributed by atoms with E-state index in [0.29, 0.717) is 12.0 Å². The molecule has 1 aromatic rings. The second-order valence-corrected chi connectivity index (χ2v) is 9.01. The summed E-state index contributed by atoms with van der Waals surface area (Å²) in [6, 6.07) is 5.89. The molecule has 3 N–H and O–H groups in total. The highest BCUT2D eigenvalue weighted by Gasteiger charge is 2.60. The van der Waals surface area contributed by atoms with Gasteiger partial charge in [-0.25, -0.2) is 4.79 Å². The molecule has 0 amide bonds. The van der Waals surface area contributed by atoms with E-state index in [1.165, 1.54) is 24.3 Å². The highest BCUT2D eigenvalue weighted by Crippen LogP contribution is 2.57. The molecule has 5 unspecified atom stereocenters. The number of hydrogen-bond acceptors (Lipinski definition) is 5. The van der Waals surface area contributed by atoms with Crippen molar-refractivity contribution in [1.29, 1.82) is 0 Å². The first-order chi connectivity index (χ1) is 12.5. The normalized spacial score (nSPS) is 38.5. The molecule has 1 fully saturated rings. The minimum atomic E-state index is -1.12. The van der Waals surface area contributed by atoms with Crippen LogP contribution in [-0.2, 0) is 4.74 Å². The van der Waals surface area contributed by atoms with E-state index in [-0.39, 0.29) is 29.4 Å². The summed E-state index contributed by atoms with van der Waals surface area (Å²) in [5.41, 5.74) is -2.12. The van der Waals surface area contributed by atoms with Gasteiger partial charge in [0.15, 0.2) is 0 Å².